The summed E-state index contributed by atoms with van der Waals surface area (Å²) in [6.45, 7) is 7.78. The van der Waals surface area contributed by atoms with Gasteiger partial charge in [0.25, 0.3) is 0 Å². The Hall–Kier alpha value is 0.110. The molecule has 4 heteroatoms. The molecule has 0 aromatic heterocycles. The quantitative estimate of drug-likeness (QED) is 0.740. The summed E-state index contributed by atoms with van der Waals surface area (Å²) in [7, 11) is 0. The van der Waals surface area contributed by atoms with Crippen LogP contribution in [0.15, 0.2) is 23.1 Å². The molecule has 0 saturated heterocycles. The van der Waals surface area contributed by atoms with Gasteiger partial charge in [-0.05, 0) is 61.3 Å². The summed E-state index contributed by atoms with van der Waals surface area (Å²) < 4.78 is 0. The lowest BCUT2D eigenvalue weighted by atomic mass is 9.69. The van der Waals surface area contributed by atoms with E-state index in [-0.39, 0.29) is 0 Å². The average Bonchev–Trinajstić information content (AvgIpc) is 2.42. The predicted octanol–water partition coefficient (Wildman–Crippen LogP) is 5.88. The van der Waals surface area contributed by atoms with Crippen molar-refractivity contribution in [2.75, 3.05) is 6.54 Å². The molecule has 1 saturated carbocycles. The number of halogens is 2. The monoisotopic (exact) mass is 345 g/mol. The Morgan fingerprint density at radius 1 is 1.24 bits per heavy atom. The molecule has 3 unspecified atom stereocenters. The van der Waals surface area contributed by atoms with Gasteiger partial charge in [-0.25, -0.2) is 0 Å². The standard InChI is InChI=1S/C17H25Cl2NS/c1-17(2,3)12-5-4-11(10-20)15(8-12)21-16-9-13(18)6-7-14(16)19/h6-7,9,11-12,15H,4-5,8,10,20H2,1-3H3. The summed E-state index contributed by atoms with van der Waals surface area (Å²) in [5.74, 6) is 1.32. The van der Waals surface area contributed by atoms with E-state index in [1.165, 1.54) is 19.3 Å². The summed E-state index contributed by atoms with van der Waals surface area (Å²) in [6, 6.07) is 5.70. The van der Waals surface area contributed by atoms with E-state index in [0.717, 1.165) is 27.4 Å². The van der Waals surface area contributed by atoms with Gasteiger partial charge in [0, 0.05) is 15.2 Å². The third-order valence-electron chi connectivity index (χ3n) is 4.63. The Morgan fingerprint density at radius 3 is 2.57 bits per heavy atom. The molecule has 0 spiro atoms. The second-order valence-electron chi connectivity index (χ2n) is 7.10. The maximum Gasteiger partial charge on any atom is 0.0542 e. The molecule has 2 rings (SSSR count). The fourth-order valence-electron chi connectivity index (χ4n) is 3.12. The van der Waals surface area contributed by atoms with Crippen LogP contribution < -0.4 is 5.73 Å². The largest absolute Gasteiger partial charge is 0.330 e. The van der Waals surface area contributed by atoms with Gasteiger partial charge in [0.1, 0.15) is 0 Å². The van der Waals surface area contributed by atoms with E-state index in [1.807, 2.05) is 30.0 Å². The number of hydrogen-bond acceptors (Lipinski definition) is 2. The first-order valence-corrected chi connectivity index (χ1v) is 9.26. The van der Waals surface area contributed by atoms with Crippen LogP contribution in [0.3, 0.4) is 0 Å². The summed E-state index contributed by atoms with van der Waals surface area (Å²) in [6.07, 6.45) is 3.71. The van der Waals surface area contributed by atoms with Crippen LogP contribution in [0.5, 0.6) is 0 Å². The lowest BCUT2D eigenvalue weighted by Gasteiger charge is -2.41. The van der Waals surface area contributed by atoms with Gasteiger partial charge in [-0.1, -0.05) is 44.0 Å². The first-order chi connectivity index (χ1) is 9.81. The van der Waals surface area contributed by atoms with Crippen molar-refractivity contribution in [3.05, 3.63) is 28.2 Å². The molecule has 1 fully saturated rings. The van der Waals surface area contributed by atoms with Gasteiger partial charge in [0.15, 0.2) is 0 Å². The highest BCUT2D eigenvalue weighted by atomic mass is 35.5. The normalized spacial score (nSPS) is 26.9. The van der Waals surface area contributed by atoms with Crippen LogP contribution >= 0.6 is 35.0 Å². The van der Waals surface area contributed by atoms with Crippen molar-refractivity contribution >= 4 is 35.0 Å². The van der Waals surface area contributed by atoms with Crippen molar-refractivity contribution in [2.45, 2.75) is 50.2 Å². The fraction of sp³-hybridized carbons (Fsp3) is 0.647. The zero-order chi connectivity index (χ0) is 15.6. The van der Waals surface area contributed by atoms with Crippen LogP contribution in [-0.4, -0.2) is 11.8 Å². The highest BCUT2D eigenvalue weighted by Crippen LogP contribution is 2.46. The Labute approximate surface area is 143 Å². The predicted molar refractivity (Wildman–Crippen MR) is 95.4 cm³/mol. The van der Waals surface area contributed by atoms with E-state index in [4.69, 9.17) is 28.9 Å². The van der Waals surface area contributed by atoms with Gasteiger partial charge in [0.05, 0.1) is 5.02 Å². The average molecular weight is 346 g/mol. The number of hydrogen-bond donors (Lipinski definition) is 1. The highest BCUT2D eigenvalue weighted by molar-refractivity contribution is 8.00. The minimum atomic E-state index is 0.358. The van der Waals surface area contributed by atoms with Gasteiger partial charge >= 0.3 is 0 Å². The molecular weight excluding hydrogens is 321 g/mol. The molecule has 0 radical (unpaired) electrons. The van der Waals surface area contributed by atoms with Crippen LogP contribution in [0, 0.1) is 17.3 Å². The second kappa shape index (κ2) is 7.12. The van der Waals surface area contributed by atoms with Gasteiger partial charge in [0.2, 0.25) is 0 Å². The summed E-state index contributed by atoms with van der Waals surface area (Å²) >= 11 is 14.3. The molecule has 0 amide bonds. The number of nitrogens with two attached hydrogens (primary N) is 1. The Balaban J connectivity index is 2.16. The van der Waals surface area contributed by atoms with Crippen molar-refractivity contribution in [3.63, 3.8) is 0 Å². The molecule has 118 valence electrons. The van der Waals surface area contributed by atoms with Crippen LogP contribution in [-0.2, 0) is 0 Å². The molecular formula is C17H25Cl2NS. The molecule has 1 aromatic rings. The maximum atomic E-state index is 6.32. The molecule has 3 atom stereocenters. The van der Waals surface area contributed by atoms with Crippen molar-refractivity contribution in [1.82, 2.24) is 0 Å². The summed E-state index contributed by atoms with van der Waals surface area (Å²) in [5, 5.41) is 2.07. The molecule has 1 aliphatic rings. The number of benzene rings is 1. The Bertz CT molecular complexity index is 484. The van der Waals surface area contributed by atoms with Crippen molar-refractivity contribution in [1.29, 1.82) is 0 Å². The van der Waals surface area contributed by atoms with E-state index in [9.17, 15) is 0 Å². The maximum absolute atomic E-state index is 6.32. The van der Waals surface area contributed by atoms with Gasteiger partial charge in [-0.15, -0.1) is 11.8 Å². The molecule has 0 aliphatic heterocycles. The summed E-state index contributed by atoms with van der Waals surface area (Å²) in [5.41, 5.74) is 6.36. The first-order valence-electron chi connectivity index (χ1n) is 7.63. The first kappa shape index (κ1) is 17.5. The van der Waals surface area contributed by atoms with E-state index in [0.29, 0.717) is 16.6 Å². The molecule has 0 heterocycles. The van der Waals surface area contributed by atoms with Crippen molar-refractivity contribution in [2.24, 2.45) is 23.0 Å². The van der Waals surface area contributed by atoms with E-state index in [2.05, 4.69) is 20.8 Å². The van der Waals surface area contributed by atoms with Gasteiger partial charge in [-0.2, -0.15) is 0 Å². The van der Waals surface area contributed by atoms with E-state index in [1.54, 1.807) is 0 Å². The number of rotatable bonds is 3. The molecule has 21 heavy (non-hydrogen) atoms. The van der Waals surface area contributed by atoms with Crippen molar-refractivity contribution < 1.29 is 0 Å². The smallest absolute Gasteiger partial charge is 0.0542 e. The van der Waals surface area contributed by atoms with Crippen LogP contribution in [0.25, 0.3) is 0 Å². The lowest BCUT2D eigenvalue weighted by Crippen LogP contribution is -2.36. The van der Waals surface area contributed by atoms with Crippen LogP contribution in [0.2, 0.25) is 10.0 Å². The van der Waals surface area contributed by atoms with Gasteiger partial charge < -0.3 is 5.73 Å². The zero-order valence-corrected chi connectivity index (χ0v) is 15.4. The molecule has 1 aromatic carbocycles. The summed E-state index contributed by atoms with van der Waals surface area (Å²) in [4.78, 5) is 1.09. The minimum Gasteiger partial charge on any atom is -0.330 e. The number of thioether (sulfide) groups is 1. The molecule has 1 aliphatic carbocycles. The van der Waals surface area contributed by atoms with Crippen LogP contribution in [0.1, 0.15) is 40.0 Å². The van der Waals surface area contributed by atoms with Crippen LogP contribution in [0.4, 0.5) is 0 Å². The second-order valence-corrected chi connectivity index (χ2v) is 9.23. The van der Waals surface area contributed by atoms with Crippen molar-refractivity contribution in [3.8, 4) is 0 Å². The SMILES string of the molecule is CC(C)(C)C1CCC(CN)C(Sc2cc(Cl)ccc2Cl)C1. The minimum absolute atomic E-state index is 0.358. The Kier molecular flexibility index (Phi) is 5.92. The van der Waals surface area contributed by atoms with Gasteiger partial charge in [-0.3, -0.25) is 0 Å². The molecule has 0 bridgehead atoms. The van der Waals surface area contributed by atoms with E-state index < -0.39 is 0 Å². The Morgan fingerprint density at radius 2 is 1.95 bits per heavy atom. The lowest BCUT2D eigenvalue weighted by molar-refractivity contribution is 0.157. The zero-order valence-electron chi connectivity index (χ0n) is 13.0. The molecule has 2 N–H and O–H groups in total. The topological polar surface area (TPSA) is 26.0 Å². The fourth-order valence-corrected chi connectivity index (χ4v) is 5.08. The third-order valence-corrected chi connectivity index (χ3v) is 6.78. The highest BCUT2D eigenvalue weighted by Gasteiger charge is 2.36. The van der Waals surface area contributed by atoms with E-state index >= 15 is 0 Å². The molecule has 1 nitrogen and oxygen atoms in total. The third kappa shape index (κ3) is 4.54.